The number of fused-ring (bicyclic) bond motifs is 3. The molecule has 0 spiro atoms. The molecule has 5 heteroatoms. The van der Waals surface area contributed by atoms with Crippen molar-refractivity contribution < 1.29 is 33.3 Å². The number of benzene rings is 3. The molecule has 0 bridgehead atoms. The van der Waals surface area contributed by atoms with E-state index in [1.54, 1.807) is 0 Å². The van der Waals surface area contributed by atoms with Crippen LogP contribution < -0.4 is 28.7 Å². The van der Waals surface area contributed by atoms with E-state index in [1.807, 2.05) is 37.3 Å². The number of hydrogen-bond donors (Lipinski definition) is 0. The Balaban J connectivity index is 0.00000245. The summed E-state index contributed by atoms with van der Waals surface area (Å²) in [5.74, 6) is 0.773. The van der Waals surface area contributed by atoms with Gasteiger partial charge in [0.05, 0.1) is 28.6 Å². The van der Waals surface area contributed by atoms with Gasteiger partial charge < -0.3 is 28.7 Å². The van der Waals surface area contributed by atoms with Crippen molar-refractivity contribution in [2.45, 2.75) is 26.2 Å². The van der Waals surface area contributed by atoms with Crippen LogP contribution in [-0.2, 0) is 5.41 Å². The first-order chi connectivity index (χ1) is 15.0. The summed E-state index contributed by atoms with van der Waals surface area (Å²) in [6.07, 6.45) is 4.38. The minimum Gasteiger partial charge on any atom is -1.00 e. The Morgan fingerprint density at radius 1 is 0.875 bits per heavy atom. The Hall–Kier alpha value is -2.80. The molecule has 3 aromatic carbocycles. The summed E-state index contributed by atoms with van der Waals surface area (Å²) in [5.41, 5.74) is 8.27. The van der Waals surface area contributed by atoms with Crippen molar-refractivity contribution in [1.82, 2.24) is 9.97 Å². The topological polar surface area (TPSA) is 38.0 Å². The molecular weight excluding hydrogens is 509 g/mol. The highest BCUT2D eigenvalue weighted by atomic mass is 127. The molecule has 0 fully saturated rings. The molecule has 4 nitrogen and oxygen atoms in total. The van der Waals surface area contributed by atoms with Crippen LogP contribution in [0.3, 0.4) is 0 Å². The lowest BCUT2D eigenvalue weighted by Crippen LogP contribution is -3.00. The average Bonchev–Trinajstić information content (AvgIpc) is 2.97. The first kappa shape index (κ1) is 22.4. The second-order valence-electron chi connectivity index (χ2n) is 8.42. The Bertz CT molecular complexity index is 1390. The lowest BCUT2D eigenvalue weighted by Gasteiger charge is -2.15. The Kier molecular flexibility index (Phi) is 6.03. The maximum absolute atomic E-state index is 5.80. The van der Waals surface area contributed by atoms with Crippen LogP contribution in [0.4, 0.5) is 5.69 Å². The minimum absolute atomic E-state index is 0. The number of allylic oxidation sites excluding steroid dienone is 1. The molecule has 2 heterocycles. The van der Waals surface area contributed by atoms with E-state index in [9.17, 15) is 0 Å². The summed E-state index contributed by atoms with van der Waals surface area (Å²) in [6, 6.07) is 20.7. The van der Waals surface area contributed by atoms with E-state index in [4.69, 9.17) is 14.7 Å². The predicted octanol–water partition coefficient (Wildman–Crippen LogP) is 2.91. The summed E-state index contributed by atoms with van der Waals surface area (Å²) < 4.78 is 8.08. The fourth-order valence-corrected chi connectivity index (χ4v) is 4.59. The molecule has 0 amide bonds. The van der Waals surface area contributed by atoms with Crippen LogP contribution >= 0.6 is 0 Å². The van der Waals surface area contributed by atoms with E-state index in [1.165, 1.54) is 17.0 Å². The first-order valence-corrected chi connectivity index (χ1v) is 10.7. The van der Waals surface area contributed by atoms with Crippen molar-refractivity contribution in [1.29, 1.82) is 0 Å². The zero-order chi connectivity index (χ0) is 21.6. The fraction of sp³-hybridized carbons (Fsp3) is 0.222. The Morgan fingerprint density at radius 3 is 2.34 bits per heavy atom. The number of nitrogens with zero attached hydrogens (tertiary/aromatic N) is 3. The molecule has 0 unspecified atom stereocenters. The van der Waals surface area contributed by atoms with Gasteiger partial charge in [0, 0.05) is 23.3 Å². The lowest BCUT2D eigenvalue weighted by atomic mass is 9.81. The quantitative estimate of drug-likeness (QED) is 0.229. The number of hydrogen-bond acceptors (Lipinski definition) is 3. The van der Waals surface area contributed by atoms with Crippen LogP contribution in [0.5, 0.6) is 5.75 Å². The Labute approximate surface area is 205 Å². The molecule has 5 rings (SSSR count). The molecule has 0 aliphatic carbocycles. The highest BCUT2D eigenvalue weighted by Crippen LogP contribution is 2.39. The third-order valence-electron chi connectivity index (χ3n) is 6.15. The van der Waals surface area contributed by atoms with Crippen molar-refractivity contribution in [3.8, 4) is 5.75 Å². The van der Waals surface area contributed by atoms with Gasteiger partial charge in [0.25, 0.3) is 0 Å². The molecule has 162 valence electrons. The lowest BCUT2D eigenvalue weighted by molar-refractivity contribution is -0.401. The molecule has 0 atom stereocenters. The van der Waals surface area contributed by atoms with E-state index >= 15 is 0 Å². The number of ether oxygens (including phenoxy) is 1. The molecule has 0 radical (unpaired) electrons. The van der Waals surface area contributed by atoms with Gasteiger partial charge >= 0.3 is 0 Å². The van der Waals surface area contributed by atoms with Crippen molar-refractivity contribution in [2.24, 2.45) is 0 Å². The zero-order valence-corrected chi connectivity index (χ0v) is 20.9. The predicted molar refractivity (Wildman–Crippen MR) is 128 cm³/mol. The van der Waals surface area contributed by atoms with Crippen LogP contribution in [0.2, 0.25) is 0 Å². The average molecular weight is 535 g/mol. The van der Waals surface area contributed by atoms with Crippen molar-refractivity contribution in [2.75, 3.05) is 13.7 Å². The fourth-order valence-electron chi connectivity index (χ4n) is 4.59. The third-order valence-corrected chi connectivity index (χ3v) is 6.15. The van der Waals surface area contributed by atoms with Gasteiger partial charge in [0.15, 0.2) is 5.71 Å². The van der Waals surface area contributed by atoms with Crippen molar-refractivity contribution in [3.05, 3.63) is 77.9 Å². The molecule has 1 aliphatic rings. The number of halogens is 1. The molecule has 1 aromatic heterocycles. The molecule has 0 saturated heterocycles. The highest BCUT2D eigenvalue weighted by Gasteiger charge is 2.42. The van der Waals surface area contributed by atoms with E-state index in [2.05, 4.69) is 68.0 Å². The second kappa shape index (κ2) is 8.62. The van der Waals surface area contributed by atoms with E-state index in [0.717, 1.165) is 33.4 Å². The number of para-hydroxylation sites is 3. The normalized spacial score (nSPS) is 14.8. The van der Waals surface area contributed by atoms with Crippen molar-refractivity contribution >= 4 is 39.5 Å². The first-order valence-electron chi connectivity index (χ1n) is 10.7. The van der Waals surface area contributed by atoms with E-state index in [-0.39, 0.29) is 29.4 Å². The smallest absolute Gasteiger partial charge is 0.209 e. The summed E-state index contributed by atoms with van der Waals surface area (Å²) >= 11 is 0. The third kappa shape index (κ3) is 3.58. The number of aromatic nitrogens is 2. The summed E-state index contributed by atoms with van der Waals surface area (Å²) in [4.78, 5) is 9.82. The van der Waals surface area contributed by atoms with Gasteiger partial charge in [0.1, 0.15) is 18.3 Å². The van der Waals surface area contributed by atoms with Gasteiger partial charge in [0.2, 0.25) is 5.69 Å². The van der Waals surface area contributed by atoms with Crippen LogP contribution in [0.1, 0.15) is 31.9 Å². The highest BCUT2D eigenvalue weighted by molar-refractivity contribution is 6.06. The molecular formula is C27H26IN3O. The van der Waals surface area contributed by atoms with Crippen molar-refractivity contribution in [3.63, 3.8) is 0 Å². The van der Waals surface area contributed by atoms with E-state index in [0.29, 0.717) is 6.61 Å². The zero-order valence-electron chi connectivity index (χ0n) is 18.8. The van der Waals surface area contributed by atoms with E-state index < -0.39 is 0 Å². The number of rotatable bonds is 4. The second-order valence-corrected chi connectivity index (χ2v) is 8.42. The van der Waals surface area contributed by atoms with Gasteiger partial charge in [-0.05, 0) is 45.0 Å². The summed E-state index contributed by atoms with van der Waals surface area (Å²) in [5, 5.41) is 0. The molecule has 1 aliphatic heterocycles. The SMILES string of the molecule is CCOc1cccc2nc3cccc(/C=C/C4=[N+](C)c5ccccc5C4(C)C)c3nc12.[I-]. The molecule has 32 heavy (non-hydrogen) atoms. The molecule has 0 N–H and O–H groups in total. The minimum atomic E-state index is -0.0626. The molecule has 4 aromatic rings. The van der Waals surface area contributed by atoms with Crippen LogP contribution in [0.15, 0.2) is 66.7 Å². The Morgan fingerprint density at radius 2 is 1.59 bits per heavy atom. The molecule has 0 saturated carbocycles. The van der Waals surface area contributed by atoms with Crippen LogP contribution in [-0.4, -0.2) is 33.9 Å². The van der Waals surface area contributed by atoms with Gasteiger partial charge in [-0.25, -0.2) is 9.97 Å². The van der Waals surface area contributed by atoms with Gasteiger partial charge in [-0.15, -0.1) is 0 Å². The van der Waals surface area contributed by atoms with Gasteiger partial charge in [-0.1, -0.05) is 36.4 Å². The van der Waals surface area contributed by atoms with Crippen LogP contribution in [0.25, 0.3) is 28.1 Å². The maximum Gasteiger partial charge on any atom is 0.209 e. The van der Waals surface area contributed by atoms with Gasteiger partial charge in [-0.2, -0.15) is 4.58 Å². The summed E-state index contributed by atoms with van der Waals surface area (Å²) in [7, 11) is 2.14. The summed E-state index contributed by atoms with van der Waals surface area (Å²) in [6.45, 7) is 7.14. The standard InChI is InChI=1S/C27H26N3O.HI/c1-5-31-23-15-9-13-21-26(23)29-25-18(10-8-12-20(25)28-21)16-17-24-27(2,3)19-11-6-7-14-22(19)30(24)4;/h6-17H,5H2,1-4H3;1H/q+1;/p-1. The maximum atomic E-state index is 5.80. The largest absolute Gasteiger partial charge is 1.00 e. The van der Waals surface area contributed by atoms with Gasteiger partial charge in [-0.3, -0.25) is 0 Å². The van der Waals surface area contributed by atoms with Crippen LogP contribution in [0, 0.1) is 0 Å². The monoisotopic (exact) mass is 535 g/mol.